The predicted octanol–water partition coefficient (Wildman–Crippen LogP) is 4.38. The molecule has 136 valence electrons. The summed E-state index contributed by atoms with van der Waals surface area (Å²) >= 11 is 0. The molecule has 1 fully saturated rings. The standard InChI is InChI=1S/C22H32N2O/c1-15-10-17-13-22(2,3)24-20(19(17)11-18(15)14-23-4)12-21(25)16-8-6-5-7-9-16/h10-11,16,23H,5-9,12-14H2,1-4H3. The van der Waals surface area contributed by atoms with Crippen molar-refractivity contribution in [3.63, 3.8) is 0 Å². The van der Waals surface area contributed by atoms with Crippen molar-refractivity contribution >= 4 is 11.5 Å². The molecule has 0 amide bonds. The predicted molar refractivity (Wildman–Crippen MR) is 104 cm³/mol. The minimum Gasteiger partial charge on any atom is -0.316 e. The van der Waals surface area contributed by atoms with Crippen molar-refractivity contribution < 1.29 is 4.79 Å². The first kappa shape index (κ1) is 18.3. The van der Waals surface area contributed by atoms with E-state index < -0.39 is 0 Å². The largest absolute Gasteiger partial charge is 0.316 e. The fourth-order valence-electron chi connectivity index (χ4n) is 4.41. The summed E-state index contributed by atoms with van der Waals surface area (Å²) < 4.78 is 0. The van der Waals surface area contributed by atoms with Crippen molar-refractivity contribution in [2.24, 2.45) is 10.9 Å². The Morgan fingerprint density at radius 1 is 1.24 bits per heavy atom. The highest BCUT2D eigenvalue weighted by Gasteiger charge is 2.30. The Morgan fingerprint density at radius 2 is 1.96 bits per heavy atom. The van der Waals surface area contributed by atoms with E-state index in [1.807, 2.05) is 7.05 Å². The highest BCUT2D eigenvalue weighted by Crippen LogP contribution is 2.32. The number of hydrogen-bond acceptors (Lipinski definition) is 3. The maximum absolute atomic E-state index is 12.9. The van der Waals surface area contributed by atoms with Gasteiger partial charge in [-0.2, -0.15) is 0 Å². The van der Waals surface area contributed by atoms with Gasteiger partial charge in [-0.05, 0) is 75.4 Å². The number of Topliss-reactive ketones (excluding diaryl/α,β-unsaturated/α-hetero) is 1. The van der Waals surface area contributed by atoms with Gasteiger partial charge in [0.1, 0.15) is 5.78 Å². The lowest BCUT2D eigenvalue weighted by Crippen LogP contribution is -2.31. The van der Waals surface area contributed by atoms with E-state index in [1.54, 1.807) is 0 Å². The van der Waals surface area contributed by atoms with Gasteiger partial charge >= 0.3 is 0 Å². The number of benzene rings is 1. The molecule has 0 bridgehead atoms. The average molecular weight is 341 g/mol. The number of nitrogens with zero attached hydrogens (tertiary/aromatic N) is 1. The van der Waals surface area contributed by atoms with Crippen LogP contribution in [0.2, 0.25) is 0 Å². The molecule has 25 heavy (non-hydrogen) atoms. The summed E-state index contributed by atoms with van der Waals surface area (Å²) in [5, 5.41) is 3.25. The molecule has 1 N–H and O–H groups in total. The molecule has 0 spiro atoms. The molecule has 1 heterocycles. The van der Waals surface area contributed by atoms with Crippen LogP contribution >= 0.6 is 0 Å². The number of ketones is 1. The zero-order valence-electron chi connectivity index (χ0n) is 16.2. The van der Waals surface area contributed by atoms with Gasteiger partial charge < -0.3 is 5.32 Å². The van der Waals surface area contributed by atoms with Crippen LogP contribution < -0.4 is 5.32 Å². The number of fused-ring (bicyclic) bond motifs is 1. The van der Waals surface area contributed by atoms with Crippen LogP contribution in [-0.2, 0) is 17.8 Å². The van der Waals surface area contributed by atoms with Gasteiger partial charge in [-0.25, -0.2) is 0 Å². The molecule has 2 aliphatic rings. The number of nitrogens with one attached hydrogen (secondary N) is 1. The van der Waals surface area contributed by atoms with Gasteiger partial charge in [0.05, 0.1) is 11.3 Å². The first-order chi connectivity index (χ1) is 11.9. The molecule has 3 rings (SSSR count). The summed E-state index contributed by atoms with van der Waals surface area (Å²) in [6.45, 7) is 7.39. The smallest absolute Gasteiger partial charge is 0.141 e. The van der Waals surface area contributed by atoms with Crippen molar-refractivity contribution in [2.45, 2.75) is 77.8 Å². The molecule has 1 aliphatic carbocycles. The summed E-state index contributed by atoms with van der Waals surface area (Å²) in [6.07, 6.45) is 7.29. The van der Waals surface area contributed by atoms with Crippen LogP contribution in [0, 0.1) is 12.8 Å². The van der Waals surface area contributed by atoms with E-state index in [0.29, 0.717) is 12.2 Å². The minimum absolute atomic E-state index is 0.119. The summed E-state index contributed by atoms with van der Waals surface area (Å²) in [4.78, 5) is 17.9. The summed E-state index contributed by atoms with van der Waals surface area (Å²) in [5.41, 5.74) is 6.08. The van der Waals surface area contributed by atoms with Crippen LogP contribution in [0.1, 0.15) is 74.6 Å². The lowest BCUT2D eigenvalue weighted by Gasteiger charge is -2.31. The molecule has 1 aliphatic heterocycles. The summed E-state index contributed by atoms with van der Waals surface area (Å²) in [6, 6.07) is 4.58. The zero-order valence-corrected chi connectivity index (χ0v) is 16.2. The Labute approximate surface area is 152 Å². The molecular formula is C22H32N2O. The van der Waals surface area contributed by atoms with E-state index in [-0.39, 0.29) is 11.5 Å². The summed E-state index contributed by atoms with van der Waals surface area (Å²) in [5.74, 6) is 0.657. The highest BCUT2D eigenvalue weighted by molar-refractivity contribution is 6.13. The first-order valence-corrected chi connectivity index (χ1v) is 9.78. The molecule has 0 atom stereocenters. The van der Waals surface area contributed by atoms with E-state index in [2.05, 4.69) is 38.2 Å². The van der Waals surface area contributed by atoms with E-state index in [0.717, 1.165) is 31.5 Å². The Hall–Kier alpha value is -1.48. The summed E-state index contributed by atoms with van der Waals surface area (Å²) in [7, 11) is 1.98. The third-order valence-electron chi connectivity index (χ3n) is 5.70. The Morgan fingerprint density at radius 3 is 2.64 bits per heavy atom. The lowest BCUT2D eigenvalue weighted by atomic mass is 9.80. The molecule has 1 saturated carbocycles. The second kappa shape index (κ2) is 7.41. The minimum atomic E-state index is -0.119. The van der Waals surface area contributed by atoms with Crippen LogP contribution in [0.4, 0.5) is 0 Å². The van der Waals surface area contributed by atoms with Crippen molar-refractivity contribution in [1.82, 2.24) is 5.32 Å². The second-order valence-corrected chi connectivity index (χ2v) is 8.49. The fraction of sp³-hybridized carbons (Fsp3) is 0.636. The van der Waals surface area contributed by atoms with Crippen LogP contribution in [0.25, 0.3) is 0 Å². The van der Waals surface area contributed by atoms with Gasteiger partial charge in [0.15, 0.2) is 0 Å². The first-order valence-electron chi connectivity index (χ1n) is 9.78. The van der Waals surface area contributed by atoms with Gasteiger partial charge in [-0.1, -0.05) is 25.3 Å². The van der Waals surface area contributed by atoms with Gasteiger partial charge in [0.2, 0.25) is 0 Å². The monoisotopic (exact) mass is 340 g/mol. The third-order valence-corrected chi connectivity index (χ3v) is 5.70. The Kier molecular flexibility index (Phi) is 5.43. The molecule has 3 nitrogen and oxygen atoms in total. The van der Waals surface area contributed by atoms with E-state index >= 15 is 0 Å². The second-order valence-electron chi connectivity index (χ2n) is 8.49. The van der Waals surface area contributed by atoms with Crippen LogP contribution in [0.5, 0.6) is 0 Å². The van der Waals surface area contributed by atoms with Gasteiger partial charge in [-0.3, -0.25) is 9.79 Å². The fourth-order valence-corrected chi connectivity index (χ4v) is 4.41. The quantitative estimate of drug-likeness (QED) is 0.864. The van der Waals surface area contributed by atoms with Crippen molar-refractivity contribution in [2.75, 3.05) is 7.05 Å². The Balaban J connectivity index is 1.90. The van der Waals surface area contributed by atoms with Gasteiger partial charge in [-0.15, -0.1) is 0 Å². The third kappa shape index (κ3) is 4.20. The SMILES string of the molecule is CNCc1cc2c(cc1C)CC(C)(C)N=C2CC(=O)C1CCCCC1. The van der Waals surface area contributed by atoms with Crippen molar-refractivity contribution in [1.29, 1.82) is 0 Å². The number of hydrogen-bond donors (Lipinski definition) is 1. The Bertz CT molecular complexity index is 682. The molecule has 0 saturated heterocycles. The van der Waals surface area contributed by atoms with Crippen LogP contribution in [0.3, 0.4) is 0 Å². The lowest BCUT2D eigenvalue weighted by molar-refractivity contribution is -0.122. The van der Waals surface area contributed by atoms with Gasteiger partial charge in [0, 0.05) is 18.9 Å². The molecule has 3 heteroatoms. The van der Waals surface area contributed by atoms with E-state index in [1.165, 1.54) is 41.5 Å². The number of rotatable bonds is 5. The highest BCUT2D eigenvalue weighted by atomic mass is 16.1. The van der Waals surface area contributed by atoms with Gasteiger partial charge in [0.25, 0.3) is 0 Å². The molecule has 0 aromatic heterocycles. The molecular weight excluding hydrogens is 308 g/mol. The number of carbonyl (C=O) groups excluding carboxylic acids is 1. The molecule has 0 unspecified atom stereocenters. The number of aryl methyl sites for hydroxylation is 1. The van der Waals surface area contributed by atoms with Crippen LogP contribution in [0.15, 0.2) is 17.1 Å². The van der Waals surface area contributed by atoms with Crippen LogP contribution in [-0.4, -0.2) is 24.1 Å². The van der Waals surface area contributed by atoms with E-state index in [4.69, 9.17) is 4.99 Å². The normalized spacial score (nSPS) is 20.1. The maximum Gasteiger partial charge on any atom is 0.141 e. The maximum atomic E-state index is 12.9. The molecule has 0 radical (unpaired) electrons. The average Bonchev–Trinajstić information content (AvgIpc) is 2.56. The zero-order chi connectivity index (χ0) is 18.0. The van der Waals surface area contributed by atoms with Crippen molar-refractivity contribution in [3.05, 3.63) is 34.4 Å². The number of aliphatic imine (C=N–C) groups is 1. The molecule has 1 aromatic rings. The topological polar surface area (TPSA) is 41.5 Å². The van der Waals surface area contributed by atoms with Crippen molar-refractivity contribution in [3.8, 4) is 0 Å². The van der Waals surface area contributed by atoms with E-state index in [9.17, 15) is 4.79 Å². The molecule has 1 aromatic carbocycles. The number of carbonyl (C=O) groups is 1.